The van der Waals surface area contributed by atoms with E-state index in [4.69, 9.17) is 5.11 Å². The number of hydrogen-bond donors (Lipinski definition) is 3. The van der Waals surface area contributed by atoms with Crippen LogP contribution in [-0.2, 0) is 6.42 Å². The highest BCUT2D eigenvalue weighted by molar-refractivity contribution is 5.93. The van der Waals surface area contributed by atoms with Crippen molar-refractivity contribution in [2.45, 2.75) is 6.42 Å². The van der Waals surface area contributed by atoms with E-state index in [2.05, 4.69) is 10.3 Å². The number of aromatic nitrogens is 1. The number of carboxylic acids is 1. The van der Waals surface area contributed by atoms with Gasteiger partial charge < -0.3 is 15.4 Å². The quantitative estimate of drug-likeness (QED) is 0.764. The largest absolute Gasteiger partial charge is 0.478 e. The number of rotatable bonds is 5. The molecule has 0 bridgehead atoms. The van der Waals surface area contributed by atoms with Crippen LogP contribution in [0.4, 0.5) is 0 Å². The van der Waals surface area contributed by atoms with Crippen molar-refractivity contribution in [2.75, 3.05) is 6.54 Å². The second kappa shape index (κ2) is 6.51. The first-order valence-electron chi connectivity index (χ1n) is 6.36. The summed E-state index contributed by atoms with van der Waals surface area (Å²) in [6, 6.07) is 9.36. The van der Waals surface area contributed by atoms with Crippen molar-refractivity contribution < 1.29 is 14.7 Å². The predicted molar refractivity (Wildman–Crippen MR) is 76.5 cm³/mol. The average Bonchev–Trinajstić information content (AvgIpc) is 2.48. The minimum absolute atomic E-state index is 0.232. The van der Waals surface area contributed by atoms with E-state index in [0.717, 1.165) is 0 Å². The number of nitrogens with one attached hydrogen (secondary N) is 2. The van der Waals surface area contributed by atoms with Crippen LogP contribution in [0.25, 0.3) is 0 Å². The molecule has 1 aromatic carbocycles. The Morgan fingerprint density at radius 1 is 1.14 bits per heavy atom. The summed E-state index contributed by atoms with van der Waals surface area (Å²) in [5.41, 5.74) is 0.964. The maximum absolute atomic E-state index is 11.8. The normalized spacial score (nSPS) is 10.1. The van der Waals surface area contributed by atoms with Gasteiger partial charge in [0.05, 0.1) is 11.1 Å². The number of aromatic amines is 1. The topological polar surface area (TPSA) is 99.3 Å². The van der Waals surface area contributed by atoms with Crippen molar-refractivity contribution >= 4 is 11.9 Å². The zero-order valence-corrected chi connectivity index (χ0v) is 11.1. The van der Waals surface area contributed by atoms with Gasteiger partial charge in [-0.2, -0.15) is 0 Å². The molecular formula is C15H14N2O4. The third kappa shape index (κ3) is 3.79. The highest BCUT2D eigenvalue weighted by atomic mass is 16.4. The maximum atomic E-state index is 11.8. The Kier molecular flexibility index (Phi) is 4.50. The lowest BCUT2D eigenvalue weighted by molar-refractivity contribution is 0.0695. The van der Waals surface area contributed by atoms with Crippen LogP contribution >= 0.6 is 0 Å². The summed E-state index contributed by atoms with van der Waals surface area (Å²) in [6.45, 7) is 0.308. The van der Waals surface area contributed by atoms with Crippen molar-refractivity contribution in [3.8, 4) is 0 Å². The molecule has 1 aromatic heterocycles. The monoisotopic (exact) mass is 286 g/mol. The van der Waals surface area contributed by atoms with Crippen molar-refractivity contribution in [1.82, 2.24) is 10.3 Å². The first-order chi connectivity index (χ1) is 10.1. The third-order valence-electron chi connectivity index (χ3n) is 2.97. The zero-order chi connectivity index (χ0) is 15.2. The molecule has 6 heteroatoms. The molecule has 3 N–H and O–H groups in total. The van der Waals surface area contributed by atoms with E-state index in [1.807, 2.05) is 0 Å². The molecule has 0 saturated carbocycles. The van der Waals surface area contributed by atoms with Crippen LogP contribution in [0.5, 0.6) is 0 Å². The van der Waals surface area contributed by atoms with Gasteiger partial charge in [-0.05, 0) is 24.1 Å². The van der Waals surface area contributed by atoms with Crippen LogP contribution in [0.1, 0.15) is 26.3 Å². The molecule has 0 aliphatic rings. The van der Waals surface area contributed by atoms with E-state index in [9.17, 15) is 14.4 Å². The molecular weight excluding hydrogens is 272 g/mol. The number of carbonyl (C=O) groups excluding carboxylic acids is 1. The highest BCUT2D eigenvalue weighted by Crippen LogP contribution is 2.09. The van der Waals surface area contributed by atoms with E-state index >= 15 is 0 Å². The number of amides is 1. The van der Waals surface area contributed by atoms with E-state index in [1.54, 1.807) is 18.2 Å². The van der Waals surface area contributed by atoms with Crippen molar-refractivity contribution in [1.29, 1.82) is 0 Å². The van der Waals surface area contributed by atoms with Crippen LogP contribution < -0.4 is 10.9 Å². The molecule has 0 saturated heterocycles. The molecule has 1 heterocycles. The van der Waals surface area contributed by atoms with Gasteiger partial charge in [0.2, 0.25) is 5.56 Å². The molecule has 6 nitrogen and oxygen atoms in total. The molecule has 0 atom stereocenters. The predicted octanol–water partition coefficient (Wildman–Crippen LogP) is 1.05. The number of benzene rings is 1. The van der Waals surface area contributed by atoms with Gasteiger partial charge in [-0.25, -0.2) is 4.79 Å². The fraction of sp³-hybridized carbons (Fsp3) is 0.133. The number of H-pyrrole nitrogens is 1. The van der Waals surface area contributed by atoms with Crippen molar-refractivity contribution in [2.24, 2.45) is 0 Å². The molecule has 2 aromatic rings. The fourth-order valence-corrected chi connectivity index (χ4v) is 1.91. The van der Waals surface area contributed by atoms with E-state index in [0.29, 0.717) is 24.1 Å². The standard InChI is InChI=1S/C15H14N2O4/c18-13-6-5-11(9-17-13)14(19)16-8-7-10-3-1-2-4-12(10)15(20)21/h1-6,9H,7-8H2,(H,16,19)(H,17,18)(H,20,21). The van der Waals surface area contributed by atoms with Crippen LogP contribution in [0.15, 0.2) is 47.4 Å². The number of carbonyl (C=O) groups is 2. The molecule has 0 unspecified atom stereocenters. The highest BCUT2D eigenvalue weighted by Gasteiger charge is 2.09. The number of carboxylic acid groups (broad SMARTS) is 1. The van der Waals surface area contributed by atoms with Gasteiger partial charge in [0.15, 0.2) is 0 Å². The summed E-state index contributed by atoms with van der Waals surface area (Å²) in [7, 11) is 0. The van der Waals surface area contributed by atoms with Gasteiger partial charge in [-0.15, -0.1) is 0 Å². The summed E-state index contributed by atoms with van der Waals surface area (Å²) in [4.78, 5) is 36.2. The number of aromatic carboxylic acids is 1. The molecule has 2 rings (SSSR count). The lowest BCUT2D eigenvalue weighted by atomic mass is 10.0. The van der Waals surface area contributed by atoms with Gasteiger partial charge in [0.1, 0.15) is 0 Å². The number of pyridine rings is 1. The molecule has 0 aliphatic carbocycles. The Morgan fingerprint density at radius 2 is 1.90 bits per heavy atom. The molecule has 21 heavy (non-hydrogen) atoms. The van der Waals surface area contributed by atoms with Gasteiger partial charge in [0.25, 0.3) is 5.91 Å². The Balaban J connectivity index is 1.95. The summed E-state index contributed by atoms with van der Waals surface area (Å²) in [5.74, 6) is -1.31. The molecule has 0 fully saturated rings. The van der Waals surface area contributed by atoms with Crippen LogP contribution in [0.3, 0.4) is 0 Å². The molecule has 0 aliphatic heterocycles. The fourth-order valence-electron chi connectivity index (χ4n) is 1.91. The summed E-state index contributed by atoms with van der Waals surface area (Å²) in [5, 5.41) is 11.7. The minimum Gasteiger partial charge on any atom is -0.478 e. The van der Waals surface area contributed by atoms with Crippen molar-refractivity contribution in [3.05, 3.63) is 69.6 Å². The molecule has 0 spiro atoms. The summed E-state index contributed by atoms with van der Waals surface area (Å²) in [6.07, 6.45) is 1.75. The van der Waals surface area contributed by atoms with Gasteiger partial charge >= 0.3 is 5.97 Å². The molecule has 1 amide bonds. The lowest BCUT2D eigenvalue weighted by Crippen LogP contribution is -2.26. The zero-order valence-electron chi connectivity index (χ0n) is 11.1. The Bertz CT molecular complexity index is 701. The Hall–Kier alpha value is -2.89. The molecule has 108 valence electrons. The Labute approximate surface area is 120 Å². The first-order valence-corrected chi connectivity index (χ1v) is 6.36. The third-order valence-corrected chi connectivity index (χ3v) is 2.97. The van der Waals surface area contributed by atoms with E-state index in [-0.39, 0.29) is 17.0 Å². The second-order valence-electron chi connectivity index (χ2n) is 4.41. The summed E-state index contributed by atoms with van der Waals surface area (Å²) >= 11 is 0. The van der Waals surface area contributed by atoms with E-state index < -0.39 is 5.97 Å². The summed E-state index contributed by atoms with van der Waals surface area (Å²) < 4.78 is 0. The van der Waals surface area contributed by atoms with Crippen LogP contribution in [0, 0.1) is 0 Å². The first kappa shape index (κ1) is 14.5. The smallest absolute Gasteiger partial charge is 0.335 e. The van der Waals surface area contributed by atoms with Crippen molar-refractivity contribution in [3.63, 3.8) is 0 Å². The maximum Gasteiger partial charge on any atom is 0.335 e. The number of hydrogen-bond acceptors (Lipinski definition) is 3. The molecule has 0 radical (unpaired) electrons. The van der Waals surface area contributed by atoms with Gasteiger partial charge in [0, 0.05) is 18.8 Å². The van der Waals surface area contributed by atoms with E-state index in [1.165, 1.54) is 24.4 Å². The van der Waals surface area contributed by atoms with Crippen LogP contribution in [-0.4, -0.2) is 28.5 Å². The second-order valence-corrected chi connectivity index (χ2v) is 4.41. The minimum atomic E-state index is -0.988. The van der Waals surface area contributed by atoms with Crippen LogP contribution in [0.2, 0.25) is 0 Å². The average molecular weight is 286 g/mol. The Morgan fingerprint density at radius 3 is 2.57 bits per heavy atom. The van der Waals surface area contributed by atoms with Gasteiger partial charge in [-0.3, -0.25) is 9.59 Å². The van der Waals surface area contributed by atoms with Gasteiger partial charge in [-0.1, -0.05) is 18.2 Å². The SMILES string of the molecule is O=C(NCCc1ccccc1C(=O)O)c1ccc(=O)[nH]c1. The lowest BCUT2D eigenvalue weighted by Gasteiger charge is -2.07.